The molecule has 126 valence electrons. The highest BCUT2D eigenvalue weighted by atomic mass is 16.5. The molecule has 1 aromatic heterocycles. The number of amides is 1. The van der Waals surface area contributed by atoms with Crippen molar-refractivity contribution in [2.24, 2.45) is 0 Å². The molecule has 0 saturated heterocycles. The van der Waals surface area contributed by atoms with Crippen LogP contribution in [0.3, 0.4) is 0 Å². The minimum atomic E-state index is -0.236. The van der Waals surface area contributed by atoms with Gasteiger partial charge in [-0.25, -0.2) is 4.98 Å². The predicted molar refractivity (Wildman–Crippen MR) is 99.6 cm³/mol. The number of nitrogens with zero attached hydrogens (tertiary/aromatic N) is 1. The van der Waals surface area contributed by atoms with Crippen LogP contribution in [0.2, 0.25) is 0 Å². The number of aryl methyl sites for hydroxylation is 1. The van der Waals surface area contributed by atoms with Gasteiger partial charge in [0.1, 0.15) is 11.4 Å². The van der Waals surface area contributed by atoms with Crippen LogP contribution >= 0.6 is 0 Å². The summed E-state index contributed by atoms with van der Waals surface area (Å²) in [5.41, 5.74) is 3.97. The molecule has 3 aromatic rings. The van der Waals surface area contributed by atoms with E-state index in [1.54, 1.807) is 19.4 Å². The first-order chi connectivity index (χ1) is 12.1. The van der Waals surface area contributed by atoms with Crippen LogP contribution in [-0.2, 0) is 0 Å². The highest BCUT2D eigenvalue weighted by Crippen LogP contribution is 2.19. The fourth-order valence-electron chi connectivity index (χ4n) is 2.28. The molecule has 0 unspecified atom stereocenters. The second-order valence-electron chi connectivity index (χ2n) is 5.61. The average Bonchev–Trinajstić information content (AvgIpc) is 2.65. The number of methoxy groups -OCH3 is 1. The summed E-state index contributed by atoms with van der Waals surface area (Å²) in [7, 11) is 1.63. The molecule has 2 aromatic carbocycles. The zero-order valence-electron chi connectivity index (χ0n) is 14.1. The first-order valence-electron chi connectivity index (χ1n) is 7.89. The summed E-state index contributed by atoms with van der Waals surface area (Å²) in [5, 5.41) is 6.06. The molecule has 25 heavy (non-hydrogen) atoms. The summed E-state index contributed by atoms with van der Waals surface area (Å²) in [6, 6.07) is 18.7. The van der Waals surface area contributed by atoms with Crippen LogP contribution < -0.4 is 15.4 Å². The number of pyridine rings is 1. The molecule has 0 saturated carbocycles. The van der Waals surface area contributed by atoms with Crippen molar-refractivity contribution < 1.29 is 9.53 Å². The number of hydrogen-bond donors (Lipinski definition) is 2. The highest BCUT2D eigenvalue weighted by molar-refractivity contribution is 6.02. The Bertz CT molecular complexity index is 842. The van der Waals surface area contributed by atoms with E-state index in [2.05, 4.69) is 15.6 Å². The van der Waals surface area contributed by atoms with Gasteiger partial charge in [0.25, 0.3) is 5.91 Å². The lowest BCUT2D eigenvalue weighted by molar-refractivity contribution is 0.102. The van der Waals surface area contributed by atoms with Crippen LogP contribution in [0.1, 0.15) is 16.1 Å². The highest BCUT2D eigenvalue weighted by Gasteiger charge is 2.07. The molecule has 2 N–H and O–H groups in total. The molecule has 0 atom stereocenters. The van der Waals surface area contributed by atoms with E-state index < -0.39 is 0 Å². The lowest BCUT2D eigenvalue weighted by Crippen LogP contribution is -2.13. The number of aromatic nitrogens is 1. The number of benzene rings is 2. The first kappa shape index (κ1) is 16.5. The Morgan fingerprint density at radius 2 is 1.52 bits per heavy atom. The standard InChI is InChI=1S/C20H19N3O2/c1-14-3-5-16(6-4-14)23-20(24)19-12-9-17(13-21-19)22-15-7-10-18(25-2)11-8-15/h3-13,22H,1-2H3,(H,23,24). The van der Waals surface area contributed by atoms with Gasteiger partial charge < -0.3 is 15.4 Å². The van der Waals surface area contributed by atoms with Crippen LogP contribution in [0.4, 0.5) is 17.1 Å². The largest absolute Gasteiger partial charge is 0.497 e. The number of rotatable bonds is 5. The Labute approximate surface area is 146 Å². The molecule has 0 fully saturated rings. The van der Waals surface area contributed by atoms with Crippen molar-refractivity contribution in [3.05, 3.63) is 78.1 Å². The molecule has 1 heterocycles. The van der Waals surface area contributed by atoms with Crippen LogP contribution in [0, 0.1) is 6.92 Å². The van der Waals surface area contributed by atoms with E-state index in [0.717, 1.165) is 28.4 Å². The van der Waals surface area contributed by atoms with Crippen LogP contribution in [-0.4, -0.2) is 18.0 Å². The maximum Gasteiger partial charge on any atom is 0.274 e. The number of carbonyl (C=O) groups excluding carboxylic acids is 1. The summed E-state index contributed by atoms with van der Waals surface area (Å²) >= 11 is 0. The summed E-state index contributed by atoms with van der Waals surface area (Å²) < 4.78 is 5.13. The minimum absolute atomic E-state index is 0.236. The Morgan fingerprint density at radius 1 is 0.880 bits per heavy atom. The van der Waals surface area contributed by atoms with Gasteiger partial charge in [0.05, 0.1) is 19.0 Å². The van der Waals surface area contributed by atoms with Crippen molar-refractivity contribution in [2.75, 3.05) is 17.7 Å². The summed E-state index contributed by atoms with van der Waals surface area (Å²) in [4.78, 5) is 16.5. The fraction of sp³-hybridized carbons (Fsp3) is 0.100. The molecule has 0 aliphatic carbocycles. The van der Waals surface area contributed by atoms with Gasteiger partial charge in [-0.05, 0) is 55.5 Å². The van der Waals surface area contributed by atoms with Gasteiger partial charge in [-0.3, -0.25) is 4.79 Å². The van der Waals surface area contributed by atoms with Gasteiger partial charge in [-0.1, -0.05) is 17.7 Å². The van der Waals surface area contributed by atoms with Crippen molar-refractivity contribution in [2.45, 2.75) is 6.92 Å². The lowest BCUT2D eigenvalue weighted by atomic mass is 10.2. The molecule has 0 radical (unpaired) electrons. The number of hydrogen-bond acceptors (Lipinski definition) is 4. The first-order valence-corrected chi connectivity index (χ1v) is 7.89. The molecule has 5 nitrogen and oxygen atoms in total. The molecule has 0 spiro atoms. The third-order valence-electron chi connectivity index (χ3n) is 3.68. The molecular weight excluding hydrogens is 314 g/mol. The normalized spacial score (nSPS) is 10.2. The summed E-state index contributed by atoms with van der Waals surface area (Å²) in [5.74, 6) is 0.562. The molecule has 3 rings (SSSR count). The van der Waals surface area contributed by atoms with Crippen LogP contribution in [0.15, 0.2) is 66.9 Å². The molecule has 0 aliphatic heterocycles. The van der Waals surface area contributed by atoms with Gasteiger partial charge in [-0.2, -0.15) is 0 Å². The number of ether oxygens (including phenoxy) is 1. The number of nitrogens with one attached hydrogen (secondary N) is 2. The zero-order chi connectivity index (χ0) is 17.6. The predicted octanol–water partition coefficient (Wildman–Crippen LogP) is 4.39. The smallest absolute Gasteiger partial charge is 0.274 e. The van der Waals surface area contributed by atoms with Gasteiger partial charge in [0.2, 0.25) is 0 Å². The topological polar surface area (TPSA) is 63.2 Å². The van der Waals surface area contributed by atoms with Gasteiger partial charge in [0.15, 0.2) is 0 Å². The zero-order valence-corrected chi connectivity index (χ0v) is 14.1. The van der Waals surface area contributed by atoms with E-state index >= 15 is 0 Å². The van der Waals surface area contributed by atoms with Gasteiger partial charge in [-0.15, -0.1) is 0 Å². The quantitative estimate of drug-likeness (QED) is 0.727. The van der Waals surface area contributed by atoms with Crippen LogP contribution in [0.25, 0.3) is 0 Å². The third kappa shape index (κ3) is 4.35. The second-order valence-corrected chi connectivity index (χ2v) is 5.61. The summed E-state index contributed by atoms with van der Waals surface area (Å²) in [6.45, 7) is 2.00. The van der Waals surface area contributed by atoms with Crippen molar-refractivity contribution in [3.63, 3.8) is 0 Å². The molecule has 0 aliphatic rings. The maximum atomic E-state index is 12.2. The second kappa shape index (κ2) is 7.49. The Morgan fingerprint density at radius 3 is 2.12 bits per heavy atom. The van der Waals surface area contributed by atoms with E-state index in [4.69, 9.17) is 4.74 Å². The Kier molecular flexibility index (Phi) is 4.95. The monoisotopic (exact) mass is 333 g/mol. The number of anilines is 3. The van der Waals surface area contributed by atoms with E-state index in [9.17, 15) is 4.79 Å². The third-order valence-corrected chi connectivity index (χ3v) is 3.68. The summed E-state index contributed by atoms with van der Waals surface area (Å²) in [6.07, 6.45) is 1.63. The van der Waals surface area contributed by atoms with Crippen molar-refractivity contribution in [1.82, 2.24) is 4.98 Å². The Hall–Kier alpha value is -3.34. The van der Waals surface area contributed by atoms with Crippen LogP contribution in [0.5, 0.6) is 5.75 Å². The maximum absolute atomic E-state index is 12.2. The average molecular weight is 333 g/mol. The van der Waals surface area contributed by atoms with Crippen molar-refractivity contribution >= 4 is 23.0 Å². The van der Waals surface area contributed by atoms with E-state index in [1.165, 1.54) is 0 Å². The Balaban J connectivity index is 1.64. The van der Waals surface area contributed by atoms with E-state index in [1.807, 2.05) is 61.5 Å². The molecule has 0 bridgehead atoms. The van der Waals surface area contributed by atoms with Gasteiger partial charge >= 0.3 is 0 Å². The molecule has 1 amide bonds. The van der Waals surface area contributed by atoms with Gasteiger partial charge in [0, 0.05) is 11.4 Å². The molecular formula is C20H19N3O2. The van der Waals surface area contributed by atoms with Crippen molar-refractivity contribution in [3.8, 4) is 5.75 Å². The van der Waals surface area contributed by atoms with E-state index in [0.29, 0.717) is 5.69 Å². The lowest BCUT2D eigenvalue weighted by Gasteiger charge is -2.08. The number of carbonyl (C=O) groups is 1. The van der Waals surface area contributed by atoms with E-state index in [-0.39, 0.29) is 5.91 Å². The SMILES string of the molecule is COc1ccc(Nc2ccc(C(=O)Nc3ccc(C)cc3)nc2)cc1. The molecule has 5 heteroatoms. The van der Waals surface area contributed by atoms with Crippen molar-refractivity contribution in [1.29, 1.82) is 0 Å². The fourth-order valence-corrected chi connectivity index (χ4v) is 2.28. The minimum Gasteiger partial charge on any atom is -0.497 e.